The van der Waals surface area contributed by atoms with Gasteiger partial charge in [-0.3, -0.25) is 0 Å². The number of hydrogen-bond donors (Lipinski definition) is 0. The maximum absolute atomic E-state index is 14.4. The zero-order valence-corrected chi connectivity index (χ0v) is 13.5. The van der Waals surface area contributed by atoms with Gasteiger partial charge < -0.3 is 0 Å². The zero-order valence-electron chi connectivity index (χ0n) is 13.5. The molecule has 0 atom stereocenters. The van der Waals surface area contributed by atoms with Crippen LogP contribution in [0.1, 0.15) is 0 Å². The van der Waals surface area contributed by atoms with E-state index < -0.39 is 68.1 Å². The molecular formula is C20H6F8. The molecule has 4 aromatic rings. The van der Waals surface area contributed by atoms with E-state index in [1.165, 1.54) is 0 Å². The minimum Gasteiger partial charge on any atom is -0.203 e. The van der Waals surface area contributed by atoms with Gasteiger partial charge in [0.15, 0.2) is 46.5 Å². The van der Waals surface area contributed by atoms with Crippen molar-refractivity contribution in [3.63, 3.8) is 0 Å². The third kappa shape index (κ3) is 2.30. The molecule has 0 spiro atoms. The molecule has 0 fully saturated rings. The molecule has 0 N–H and O–H groups in total. The van der Waals surface area contributed by atoms with E-state index in [1.807, 2.05) is 0 Å². The predicted molar refractivity (Wildman–Crippen MR) is 86.6 cm³/mol. The number of rotatable bonds is 1. The predicted octanol–water partition coefficient (Wildman–Crippen LogP) is 6.77. The minimum atomic E-state index is -2.10. The average Bonchev–Trinajstić information content (AvgIpc) is 2.72. The Morgan fingerprint density at radius 2 is 0.679 bits per heavy atom. The van der Waals surface area contributed by atoms with Crippen molar-refractivity contribution >= 4 is 21.5 Å². The molecule has 0 nitrogen and oxygen atoms in total. The SMILES string of the molecule is Fc1c(F)c(F)c2c(-c3cccc4c(F)c(F)c(F)c(F)c34)cccc2c1F. The van der Waals surface area contributed by atoms with Gasteiger partial charge in [0.1, 0.15) is 0 Å². The zero-order chi connectivity index (χ0) is 20.3. The van der Waals surface area contributed by atoms with Crippen molar-refractivity contribution < 1.29 is 35.1 Å². The lowest BCUT2D eigenvalue weighted by Crippen LogP contribution is -2.01. The van der Waals surface area contributed by atoms with Crippen molar-refractivity contribution in [3.8, 4) is 11.1 Å². The van der Waals surface area contributed by atoms with Gasteiger partial charge in [0, 0.05) is 21.5 Å². The summed E-state index contributed by atoms with van der Waals surface area (Å²) in [6.45, 7) is 0. The lowest BCUT2D eigenvalue weighted by atomic mass is 9.92. The van der Waals surface area contributed by atoms with Crippen LogP contribution in [-0.2, 0) is 0 Å². The molecule has 0 bridgehead atoms. The van der Waals surface area contributed by atoms with Crippen molar-refractivity contribution in [2.75, 3.05) is 0 Å². The van der Waals surface area contributed by atoms with Crippen LogP contribution in [0.5, 0.6) is 0 Å². The van der Waals surface area contributed by atoms with E-state index in [0.29, 0.717) is 0 Å². The van der Waals surface area contributed by atoms with E-state index in [1.54, 1.807) is 0 Å². The molecule has 0 heterocycles. The lowest BCUT2D eigenvalue weighted by Gasteiger charge is -2.14. The Balaban J connectivity index is 2.24. The second-order valence-corrected chi connectivity index (χ2v) is 5.97. The van der Waals surface area contributed by atoms with Crippen LogP contribution in [0.15, 0.2) is 36.4 Å². The van der Waals surface area contributed by atoms with Gasteiger partial charge in [0.2, 0.25) is 0 Å². The normalized spacial score (nSPS) is 11.6. The third-order valence-corrected chi connectivity index (χ3v) is 4.49. The van der Waals surface area contributed by atoms with Crippen LogP contribution in [0.4, 0.5) is 35.1 Å². The van der Waals surface area contributed by atoms with Gasteiger partial charge in [0.25, 0.3) is 0 Å². The number of halogens is 8. The Bertz CT molecular complexity index is 1190. The van der Waals surface area contributed by atoms with E-state index in [4.69, 9.17) is 0 Å². The van der Waals surface area contributed by atoms with Crippen LogP contribution in [0, 0.1) is 46.5 Å². The molecule has 0 saturated carbocycles. The molecule has 0 amide bonds. The largest absolute Gasteiger partial charge is 0.203 e. The van der Waals surface area contributed by atoms with Crippen LogP contribution in [0.25, 0.3) is 32.7 Å². The molecule has 0 saturated heterocycles. The molecule has 0 aliphatic heterocycles. The molecule has 0 radical (unpaired) electrons. The molecule has 0 unspecified atom stereocenters. The van der Waals surface area contributed by atoms with Gasteiger partial charge in [-0.05, 0) is 11.1 Å². The molecule has 142 valence electrons. The number of hydrogen-bond acceptors (Lipinski definition) is 0. The molecule has 0 aliphatic carbocycles. The van der Waals surface area contributed by atoms with Crippen molar-refractivity contribution in [2.45, 2.75) is 0 Å². The summed E-state index contributed by atoms with van der Waals surface area (Å²) in [5.74, 6) is -15.1. The van der Waals surface area contributed by atoms with Crippen molar-refractivity contribution in [1.29, 1.82) is 0 Å². The molecule has 0 aliphatic rings. The van der Waals surface area contributed by atoms with Gasteiger partial charge in [-0.2, -0.15) is 0 Å². The topological polar surface area (TPSA) is 0 Å². The second-order valence-electron chi connectivity index (χ2n) is 5.97. The summed E-state index contributed by atoms with van der Waals surface area (Å²) in [4.78, 5) is 0. The number of fused-ring (bicyclic) bond motifs is 2. The van der Waals surface area contributed by atoms with E-state index in [-0.39, 0.29) is 11.1 Å². The number of benzene rings is 4. The Morgan fingerprint density at radius 1 is 0.357 bits per heavy atom. The fourth-order valence-electron chi connectivity index (χ4n) is 3.23. The van der Waals surface area contributed by atoms with Crippen LogP contribution < -0.4 is 0 Å². The summed E-state index contributed by atoms with van der Waals surface area (Å²) in [5.41, 5.74) is -0.717. The van der Waals surface area contributed by atoms with Crippen molar-refractivity contribution in [2.24, 2.45) is 0 Å². The van der Waals surface area contributed by atoms with Crippen LogP contribution in [0.3, 0.4) is 0 Å². The fourth-order valence-corrected chi connectivity index (χ4v) is 3.23. The van der Waals surface area contributed by atoms with Crippen LogP contribution in [0.2, 0.25) is 0 Å². The highest BCUT2D eigenvalue weighted by atomic mass is 19.2. The first-order valence-electron chi connectivity index (χ1n) is 7.75. The summed E-state index contributed by atoms with van der Waals surface area (Å²) in [5, 5.41) is -2.82. The minimum absolute atomic E-state index is 0.359. The summed E-state index contributed by atoms with van der Waals surface area (Å²) < 4.78 is 112. The Kier molecular flexibility index (Phi) is 4.02. The van der Waals surface area contributed by atoms with E-state index in [2.05, 4.69) is 0 Å². The van der Waals surface area contributed by atoms with Crippen LogP contribution >= 0.6 is 0 Å². The standard InChI is InChI=1S/C20H6F8/c21-13-9-5-1-3-7(11(9)15(23)19(27)17(13)25)8-4-2-6-10-12(8)16(24)20(28)18(26)14(10)22/h1-6H. The van der Waals surface area contributed by atoms with Gasteiger partial charge in [-0.25, -0.2) is 35.1 Å². The fraction of sp³-hybridized carbons (Fsp3) is 0. The Labute approximate surface area is 151 Å². The molecule has 4 aromatic carbocycles. The van der Waals surface area contributed by atoms with Crippen LogP contribution in [-0.4, -0.2) is 0 Å². The van der Waals surface area contributed by atoms with Crippen molar-refractivity contribution in [3.05, 3.63) is 82.9 Å². The highest BCUT2D eigenvalue weighted by molar-refractivity contribution is 6.06. The quantitative estimate of drug-likeness (QED) is 0.189. The molecular weight excluding hydrogens is 392 g/mol. The van der Waals surface area contributed by atoms with E-state index >= 15 is 0 Å². The average molecular weight is 398 g/mol. The van der Waals surface area contributed by atoms with E-state index in [0.717, 1.165) is 36.4 Å². The summed E-state index contributed by atoms with van der Waals surface area (Å²) >= 11 is 0. The molecule has 0 aromatic heterocycles. The second kappa shape index (κ2) is 6.19. The maximum Gasteiger partial charge on any atom is 0.198 e. The highest BCUT2D eigenvalue weighted by Gasteiger charge is 2.26. The highest BCUT2D eigenvalue weighted by Crippen LogP contribution is 2.40. The summed E-state index contributed by atoms with van der Waals surface area (Å²) in [6.07, 6.45) is 0. The Hall–Kier alpha value is -3.16. The Morgan fingerprint density at radius 3 is 1.04 bits per heavy atom. The summed E-state index contributed by atoms with van der Waals surface area (Å²) in [7, 11) is 0. The lowest BCUT2D eigenvalue weighted by molar-refractivity contribution is 0.418. The first-order valence-corrected chi connectivity index (χ1v) is 7.75. The summed E-state index contributed by atoms with van der Waals surface area (Å²) in [6, 6.07) is 6.42. The third-order valence-electron chi connectivity index (χ3n) is 4.49. The monoisotopic (exact) mass is 398 g/mol. The van der Waals surface area contributed by atoms with E-state index in [9.17, 15) is 35.1 Å². The molecule has 28 heavy (non-hydrogen) atoms. The first kappa shape index (κ1) is 18.2. The van der Waals surface area contributed by atoms with Gasteiger partial charge in [-0.1, -0.05) is 36.4 Å². The van der Waals surface area contributed by atoms with Gasteiger partial charge in [0.05, 0.1) is 0 Å². The van der Waals surface area contributed by atoms with Gasteiger partial charge >= 0.3 is 0 Å². The first-order chi connectivity index (χ1) is 13.3. The van der Waals surface area contributed by atoms with Crippen molar-refractivity contribution in [1.82, 2.24) is 0 Å². The maximum atomic E-state index is 14.4. The van der Waals surface area contributed by atoms with Gasteiger partial charge in [-0.15, -0.1) is 0 Å². The molecule has 8 heteroatoms. The molecule has 4 rings (SSSR count). The smallest absolute Gasteiger partial charge is 0.198 e.